The molecule has 0 N–H and O–H groups in total. The van der Waals surface area contributed by atoms with E-state index >= 15 is 0 Å². The van der Waals surface area contributed by atoms with Gasteiger partial charge in [-0.05, 0) is 48.4 Å². The second-order valence-electron chi connectivity index (χ2n) is 4.13. The third-order valence-corrected chi connectivity index (χ3v) is 3.63. The molecule has 0 aliphatic heterocycles. The van der Waals surface area contributed by atoms with Crippen LogP contribution in [0.5, 0.6) is 0 Å². The Hall–Kier alpha value is -1.55. The Morgan fingerprint density at radius 1 is 1.35 bits per heavy atom. The molecule has 2 heterocycles. The monoisotopic (exact) mass is 248 g/mol. The molecule has 0 unspecified atom stereocenters. The minimum atomic E-state index is -1.02. The van der Waals surface area contributed by atoms with E-state index in [0.29, 0.717) is 0 Å². The van der Waals surface area contributed by atoms with Crippen molar-refractivity contribution in [3.8, 4) is 0 Å². The fourth-order valence-corrected chi connectivity index (χ4v) is 2.86. The van der Waals surface area contributed by atoms with Gasteiger partial charge in [0.05, 0.1) is 6.04 Å². The Bertz CT molecular complexity index is 494. The Kier molecular flexibility index (Phi) is 3.33. The van der Waals surface area contributed by atoms with Crippen LogP contribution < -0.4 is 5.11 Å². The molecule has 1 atom stereocenters. The van der Waals surface area contributed by atoms with Gasteiger partial charge in [-0.2, -0.15) is 11.3 Å². The van der Waals surface area contributed by atoms with Crippen molar-refractivity contribution in [1.82, 2.24) is 4.57 Å². The molecule has 90 valence electrons. The van der Waals surface area contributed by atoms with Crippen molar-refractivity contribution < 1.29 is 9.90 Å². The SMILES string of the molecule is Cc1ccc(C)n1[C@@H](CC(=O)[O-])c1ccsc1. The normalized spacial score (nSPS) is 12.6. The van der Waals surface area contributed by atoms with E-state index in [1.165, 1.54) is 0 Å². The quantitative estimate of drug-likeness (QED) is 0.829. The molecule has 2 aromatic rings. The summed E-state index contributed by atoms with van der Waals surface area (Å²) in [7, 11) is 0. The molecule has 4 heteroatoms. The molecular weight excluding hydrogens is 234 g/mol. The zero-order valence-electron chi connectivity index (χ0n) is 9.84. The van der Waals surface area contributed by atoms with Crippen LogP contribution in [-0.2, 0) is 4.79 Å². The second-order valence-corrected chi connectivity index (χ2v) is 4.91. The number of carboxylic acid groups (broad SMARTS) is 1. The molecule has 0 amide bonds. The maximum atomic E-state index is 10.9. The molecule has 0 saturated carbocycles. The van der Waals surface area contributed by atoms with Crippen LogP contribution in [0.3, 0.4) is 0 Å². The number of rotatable bonds is 4. The number of aryl methyl sites for hydroxylation is 2. The number of carbonyl (C=O) groups excluding carboxylic acids is 1. The topological polar surface area (TPSA) is 45.1 Å². The van der Waals surface area contributed by atoms with Gasteiger partial charge in [-0.15, -0.1) is 0 Å². The van der Waals surface area contributed by atoms with Gasteiger partial charge < -0.3 is 14.5 Å². The van der Waals surface area contributed by atoms with Gasteiger partial charge in [0.15, 0.2) is 0 Å². The Morgan fingerprint density at radius 3 is 2.47 bits per heavy atom. The van der Waals surface area contributed by atoms with Crippen molar-refractivity contribution in [1.29, 1.82) is 0 Å². The summed E-state index contributed by atoms with van der Waals surface area (Å²) in [4.78, 5) is 10.9. The lowest BCUT2D eigenvalue weighted by Gasteiger charge is -2.22. The summed E-state index contributed by atoms with van der Waals surface area (Å²) >= 11 is 1.58. The largest absolute Gasteiger partial charge is 0.550 e. The van der Waals surface area contributed by atoms with Gasteiger partial charge in [0.2, 0.25) is 0 Å². The zero-order chi connectivity index (χ0) is 12.4. The van der Waals surface area contributed by atoms with Crippen molar-refractivity contribution in [3.05, 3.63) is 45.9 Å². The van der Waals surface area contributed by atoms with Crippen LogP contribution in [0, 0.1) is 13.8 Å². The lowest BCUT2D eigenvalue weighted by Crippen LogP contribution is -2.27. The summed E-state index contributed by atoms with van der Waals surface area (Å²) in [6.07, 6.45) is 0.00704. The second kappa shape index (κ2) is 4.75. The van der Waals surface area contributed by atoms with Crippen molar-refractivity contribution in [2.45, 2.75) is 26.3 Å². The van der Waals surface area contributed by atoms with Gasteiger partial charge in [-0.1, -0.05) is 0 Å². The molecule has 0 aromatic carbocycles. The van der Waals surface area contributed by atoms with Gasteiger partial charge in [0.25, 0.3) is 0 Å². The molecule has 17 heavy (non-hydrogen) atoms. The summed E-state index contributed by atoms with van der Waals surface area (Å²) in [5, 5.41) is 14.9. The highest BCUT2D eigenvalue weighted by molar-refractivity contribution is 7.07. The van der Waals surface area contributed by atoms with Crippen LogP contribution in [0.1, 0.15) is 29.4 Å². The van der Waals surface area contributed by atoms with E-state index in [4.69, 9.17) is 0 Å². The first-order valence-corrected chi connectivity index (χ1v) is 6.40. The first-order chi connectivity index (χ1) is 8.09. The van der Waals surface area contributed by atoms with Crippen LogP contribution in [0.25, 0.3) is 0 Å². The Morgan fingerprint density at radius 2 is 2.00 bits per heavy atom. The Balaban J connectivity index is 2.44. The third kappa shape index (κ3) is 2.42. The fourth-order valence-electron chi connectivity index (χ4n) is 2.15. The number of hydrogen-bond donors (Lipinski definition) is 0. The zero-order valence-corrected chi connectivity index (χ0v) is 10.7. The lowest BCUT2D eigenvalue weighted by molar-refractivity contribution is -0.306. The summed E-state index contributed by atoms with van der Waals surface area (Å²) < 4.78 is 2.05. The number of nitrogens with zero attached hydrogens (tertiary/aromatic N) is 1. The van der Waals surface area contributed by atoms with Crippen molar-refractivity contribution in [2.75, 3.05) is 0 Å². The van der Waals surface area contributed by atoms with Gasteiger partial charge in [0, 0.05) is 23.8 Å². The smallest absolute Gasteiger partial charge is 0.0645 e. The average Bonchev–Trinajstić information content (AvgIpc) is 2.86. The summed E-state index contributed by atoms with van der Waals surface area (Å²) in [5.74, 6) is -1.02. The predicted molar refractivity (Wildman–Crippen MR) is 66.0 cm³/mol. The predicted octanol–water partition coefficient (Wildman–Crippen LogP) is 1.90. The molecule has 3 nitrogen and oxygen atoms in total. The van der Waals surface area contributed by atoms with E-state index in [1.54, 1.807) is 11.3 Å². The summed E-state index contributed by atoms with van der Waals surface area (Å²) in [5.41, 5.74) is 3.17. The number of aromatic nitrogens is 1. The van der Waals surface area contributed by atoms with E-state index in [-0.39, 0.29) is 12.5 Å². The number of hydrogen-bond acceptors (Lipinski definition) is 3. The van der Waals surface area contributed by atoms with E-state index in [0.717, 1.165) is 17.0 Å². The van der Waals surface area contributed by atoms with Crippen LogP contribution in [0.15, 0.2) is 29.0 Å². The van der Waals surface area contributed by atoms with Gasteiger partial charge >= 0.3 is 0 Å². The summed E-state index contributed by atoms with van der Waals surface area (Å²) in [6.45, 7) is 3.98. The van der Waals surface area contributed by atoms with E-state index in [9.17, 15) is 9.90 Å². The van der Waals surface area contributed by atoms with Crippen LogP contribution in [0.4, 0.5) is 0 Å². The van der Waals surface area contributed by atoms with Crippen LogP contribution in [-0.4, -0.2) is 10.5 Å². The molecule has 2 aromatic heterocycles. The molecule has 0 bridgehead atoms. The van der Waals surface area contributed by atoms with Gasteiger partial charge in [-0.25, -0.2) is 0 Å². The average molecular weight is 248 g/mol. The first-order valence-electron chi connectivity index (χ1n) is 5.46. The number of thiophene rings is 1. The molecule has 2 rings (SSSR count). The number of carbonyl (C=O) groups is 1. The number of aliphatic carboxylic acids is 1. The first kappa shape index (κ1) is 11.9. The lowest BCUT2D eigenvalue weighted by atomic mass is 10.1. The minimum absolute atomic E-state index is 0.00704. The van der Waals surface area contributed by atoms with Crippen LogP contribution >= 0.6 is 11.3 Å². The van der Waals surface area contributed by atoms with E-state index < -0.39 is 5.97 Å². The van der Waals surface area contributed by atoms with Crippen molar-refractivity contribution >= 4 is 17.3 Å². The van der Waals surface area contributed by atoms with Crippen molar-refractivity contribution in [2.24, 2.45) is 0 Å². The van der Waals surface area contributed by atoms with Gasteiger partial charge in [-0.3, -0.25) is 0 Å². The standard InChI is InChI=1S/C13H15NO2S/c1-9-3-4-10(2)14(9)12(7-13(15)16)11-5-6-17-8-11/h3-6,8,12H,7H2,1-2H3,(H,15,16)/p-1/t12-/m0/s1. The highest BCUT2D eigenvalue weighted by Gasteiger charge is 2.17. The molecular formula is C13H14NO2S-. The van der Waals surface area contributed by atoms with Gasteiger partial charge in [0.1, 0.15) is 0 Å². The Labute approximate surface area is 104 Å². The molecule has 0 fully saturated rings. The fraction of sp³-hybridized carbons (Fsp3) is 0.308. The summed E-state index contributed by atoms with van der Waals surface area (Å²) in [6, 6.07) is 5.81. The molecule has 0 spiro atoms. The molecule has 0 aliphatic carbocycles. The molecule has 0 saturated heterocycles. The maximum absolute atomic E-state index is 10.9. The molecule has 0 radical (unpaired) electrons. The minimum Gasteiger partial charge on any atom is -0.550 e. The van der Waals surface area contributed by atoms with E-state index in [1.807, 2.05) is 42.8 Å². The maximum Gasteiger partial charge on any atom is 0.0645 e. The highest BCUT2D eigenvalue weighted by atomic mass is 32.1. The van der Waals surface area contributed by atoms with E-state index in [2.05, 4.69) is 4.57 Å². The number of carboxylic acids is 1. The third-order valence-electron chi connectivity index (χ3n) is 2.93. The molecule has 0 aliphatic rings. The van der Waals surface area contributed by atoms with Crippen molar-refractivity contribution in [3.63, 3.8) is 0 Å². The van der Waals surface area contributed by atoms with Crippen LogP contribution in [0.2, 0.25) is 0 Å². The highest BCUT2D eigenvalue weighted by Crippen LogP contribution is 2.27.